The fourth-order valence-electron chi connectivity index (χ4n) is 1.79. The van der Waals surface area contributed by atoms with Crippen molar-refractivity contribution in [3.8, 4) is 0 Å². The largest absolute Gasteiger partial charge is 0.478 e. The topological polar surface area (TPSA) is 40.5 Å². The quantitative estimate of drug-likeness (QED) is 0.925. The molecule has 0 fully saturated rings. The van der Waals surface area contributed by atoms with Crippen molar-refractivity contribution in [2.24, 2.45) is 0 Å². The van der Waals surface area contributed by atoms with Crippen LogP contribution in [0.25, 0.3) is 0 Å². The van der Waals surface area contributed by atoms with E-state index in [-0.39, 0.29) is 11.4 Å². The highest BCUT2D eigenvalue weighted by molar-refractivity contribution is 6.31. The molecule has 98 valence electrons. The number of nitrogens with zero attached hydrogens (tertiary/aromatic N) is 1. The van der Waals surface area contributed by atoms with Crippen molar-refractivity contribution >= 4 is 28.9 Å². The van der Waals surface area contributed by atoms with E-state index in [4.69, 9.17) is 16.7 Å². The summed E-state index contributed by atoms with van der Waals surface area (Å²) in [6, 6.07) is 10.4. The highest BCUT2D eigenvalue weighted by Gasteiger charge is 2.15. The molecular formula is C14H11ClFNO2. The molecule has 3 nitrogen and oxygen atoms in total. The molecule has 5 heteroatoms. The van der Waals surface area contributed by atoms with Crippen LogP contribution in [0.4, 0.5) is 15.8 Å². The number of carbonyl (C=O) groups is 1. The molecule has 0 heterocycles. The van der Waals surface area contributed by atoms with Gasteiger partial charge in [-0.15, -0.1) is 0 Å². The third-order valence-corrected chi connectivity index (χ3v) is 2.98. The van der Waals surface area contributed by atoms with Crippen molar-refractivity contribution < 1.29 is 14.3 Å². The zero-order valence-electron chi connectivity index (χ0n) is 10.1. The molecule has 0 unspecified atom stereocenters. The number of halogens is 2. The monoisotopic (exact) mass is 279 g/mol. The first-order valence-electron chi connectivity index (χ1n) is 5.51. The lowest BCUT2D eigenvalue weighted by Crippen LogP contribution is -2.14. The zero-order chi connectivity index (χ0) is 14.0. The average molecular weight is 280 g/mol. The van der Waals surface area contributed by atoms with Crippen LogP contribution >= 0.6 is 11.6 Å². The van der Waals surface area contributed by atoms with Crippen molar-refractivity contribution in [3.63, 3.8) is 0 Å². The zero-order valence-corrected chi connectivity index (χ0v) is 10.9. The van der Waals surface area contributed by atoms with Gasteiger partial charge in [0.05, 0.1) is 11.3 Å². The van der Waals surface area contributed by atoms with Crippen LogP contribution in [-0.2, 0) is 0 Å². The van der Waals surface area contributed by atoms with E-state index in [1.807, 2.05) is 0 Å². The van der Waals surface area contributed by atoms with E-state index in [0.717, 1.165) is 0 Å². The van der Waals surface area contributed by atoms with Crippen LogP contribution < -0.4 is 4.90 Å². The third-order valence-electron chi connectivity index (χ3n) is 2.75. The molecule has 0 radical (unpaired) electrons. The standard InChI is InChI=1S/C14H11ClFNO2/c1-17(11-4-2-3-10(16)8-11)13-7-9(15)5-6-12(13)14(18)19/h2-8H,1H3,(H,18,19). The van der Waals surface area contributed by atoms with Gasteiger partial charge in [0.1, 0.15) is 5.82 Å². The Labute approximate surface area is 114 Å². The van der Waals surface area contributed by atoms with Crippen molar-refractivity contribution in [1.29, 1.82) is 0 Å². The molecule has 0 spiro atoms. The fourth-order valence-corrected chi connectivity index (χ4v) is 1.95. The Morgan fingerprint density at radius 2 is 2.00 bits per heavy atom. The minimum absolute atomic E-state index is 0.108. The van der Waals surface area contributed by atoms with E-state index in [2.05, 4.69) is 0 Å². The maximum Gasteiger partial charge on any atom is 0.337 e. The number of hydrogen-bond donors (Lipinski definition) is 1. The van der Waals surface area contributed by atoms with Crippen molar-refractivity contribution in [3.05, 3.63) is 58.9 Å². The molecule has 0 atom stereocenters. The van der Waals surface area contributed by atoms with Gasteiger partial charge in [0.15, 0.2) is 0 Å². The number of aromatic carboxylic acids is 1. The molecule has 0 aliphatic carbocycles. The number of rotatable bonds is 3. The van der Waals surface area contributed by atoms with Gasteiger partial charge in [-0.1, -0.05) is 17.7 Å². The summed E-state index contributed by atoms with van der Waals surface area (Å²) in [6.07, 6.45) is 0. The maximum atomic E-state index is 13.2. The van der Waals surface area contributed by atoms with E-state index in [1.165, 1.54) is 30.3 Å². The first-order chi connectivity index (χ1) is 8.99. The van der Waals surface area contributed by atoms with Crippen LogP contribution in [0.3, 0.4) is 0 Å². The summed E-state index contributed by atoms with van der Waals surface area (Å²) >= 11 is 5.89. The van der Waals surface area contributed by atoms with Crippen LogP contribution in [0.1, 0.15) is 10.4 Å². The smallest absolute Gasteiger partial charge is 0.337 e. The predicted octanol–water partition coefficient (Wildman–Crippen LogP) is 3.95. The predicted molar refractivity (Wildman–Crippen MR) is 72.9 cm³/mol. The molecule has 19 heavy (non-hydrogen) atoms. The van der Waals surface area contributed by atoms with Crippen LogP contribution in [0.5, 0.6) is 0 Å². The van der Waals surface area contributed by atoms with E-state index in [0.29, 0.717) is 16.4 Å². The number of carboxylic acid groups (broad SMARTS) is 1. The average Bonchev–Trinajstić information content (AvgIpc) is 2.37. The van der Waals surface area contributed by atoms with Crippen LogP contribution in [0, 0.1) is 5.82 Å². The fraction of sp³-hybridized carbons (Fsp3) is 0.0714. The Hall–Kier alpha value is -2.07. The lowest BCUT2D eigenvalue weighted by molar-refractivity contribution is 0.0697. The van der Waals surface area contributed by atoms with Crippen molar-refractivity contribution in [2.75, 3.05) is 11.9 Å². The summed E-state index contributed by atoms with van der Waals surface area (Å²) in [6.45, 7) is 0. The second-order valence-corrected chi connectivity index (χ2v) is 4.44. The summed E-state index contributed by atoms with van der Waals surface area (Å²) in [5, 5.41) is 9.58. The van der Waals surface area contributed by atoms with Gasteiger partial charge in [0, 0.05) is 17.8 Å². The lowest BCUT2D eigenvalue weighted by atomic mass is 10.1. The van der Waals surface area contributed by atoms with Crippen LogP contribution in [-0.4, -0.2) is 18.1 Å². The Morgan fingerprint density at radius 3 is 2.63 bits per heavy atom. The Balaban J connectivity index is 2.51. The molecule has 0 saturated carbocycles. The molecule has 1 N–H and O–H groups in total. The van der Waals surface area contributed by atoms with Crippen LogP contribution in [0.2, 0.25) is 5.02 Å². The highest BCUT2D eigenvalue weighted by Crippen LogP contribution is 2.30. The third kappa shape index (κ3) is 2.85. The van der Waals surface area contributed by atoms with Gasteiger partial charge < -0.3 is 10.0 Å². The van der Waals surface area contributed by atoms with Gasteiger partial charge in [0.25, 0.3) is 0 Å². The molecule has 2 aromatic carbocycles. The van der Waals surface area contributed by atoms with E-state index >= 15 is 0 Å². The van der Waals surface area contributed by atoms with Crippen LogP contribution in [0.15, 0.2) is 42.5 Å². The normalized spacial score (nSPS) is 10.3. The number of carboxylic acids is 1. The number of anilines is 2. The summed E-state index contributed by atoms with van der Waals surface area (Å²) in [4.78, 5) is 12.8. The molecule has 0 aliphatic rings. The van der Waals surface area contributed by atoms with E-state index in [9.17, 15) is 9.18 Å². The number of hydrogen-bond acceptors (Lipinski definition) is 2. The minimum Gasteiger partial charge on any atom is -0.478 e. The van der Waals surface area contributed by atoms with Gasteiger partial charge in [-0.25, -0.2) is 9.18 Å². The Bertz CT molecular complexity index is 631. The molecule has 0 aromatic heterocycles. The summed E-state index contributed by atoms with van der Waals surface area (Å²) in [5.41, 5.74) is 1.06. The van der Waals surface area contributed by atoms with Gasteiger partial charge in [0.2, 0.25) is 0 Å². The lowest BCUT2D eigenvalue weighted by Gasteiger charge is -2.21. The summed E-state index contributed by atoms with van der Waals surface area (Å²) in [5.74, 6) is -1.45. The Kier molecular flexibility index (Phi) is 3.71. The van der Waals surface area contributed by atoms with Crippen molar-refractivity contribution in [2.45, 2.75) is 0 Å². The molecule has 2 rings (SSSR count). The molecular weight excluding hydrogens is 269 g/mol. The van der Waals surface area contributed by atoms with E-state index in [1.54, 1.807) is 24.1 Å². The van der Waals surface area contributed by atoms with E-state index < -0.39 is 5.97 Å². The molecule has 0 bridgehead atoms. The number of benzene rings is 2. The van der Waals surface area contributed by atoms with Gasteiger partial charge in [-0.05, 0) is 36.4 Å². The summed E-state index contributed by atoms with van der Waals surface area (Å²) in [7, 11) is 1.66. The maximum absolute atomic E-state index is 13.2. The molecule has 0 saturated heterocycles. The van der Waals surface area contributed by atoms with Gasteiger partial charge >= 0.3 is 5.97 Å². The van der Waals surface area contributed by atoms with Gasteiger partial charge in [-0.2, -0.15) is 0 Å². The van der Waals surface area contributed by atoms with Gasteiger partial charge in [-0.3, -0.25) is 0 Å². The minimum atomic E-state index is -1.06. The van der Waals surface area contributed by atoms with Crippen molar-refractivity contribution in [1.82, 2.24) is 0 Å². The SMILES string of the molecule is CN(c1cccc(F)c1)c1cc(Cl)ccc1C(=O)O. The first kappa shape index (κ1) is 13.4. The second kappa shape index (κ2) is 5.28. The molecule has 0 amide bonds. The first-order valence-corrected chi connectivity index (χ1v) is 5.89. The summed E-state index contributed by atoms with van der Waals surface area (Å²) < 4.78 is 13.2. The molecule has 0 aliphatic heterocycles. The molecule has 2 aromatic rings. The highest BCUT2D eigenvalue weighted by atomic mass is 35.5. The Morgan fingerprint density at radius 1 is 1.26 bits per heavy atom. The second-order valence-electron chi connectivity index (χ2n) is 4.01.